The molecule has 1 saturated heterocycles. The highest BCUT2D eigenvalue weighted by atomic mass is 15.0. The van der Waals surface area contributed by atoms with Gasteiger partial charge in [-0.25, -0.2) is 0 Å². The number of benzene rings is 1. The Morgan fingerprint density at radius 2 is 2.17 bits per heavy atom. The van der Waals surface area contributed by atoms with Gasteiger partial charge in [0.2, 0.25) is 0 Å². The van der Waals surface area contributed by atoms with Crippen molar-refractivity contribution in [2.75, 3.05) is 6.54 Å². The zero-order valence-corrected chi connectivity index (χ0v) is 11.3. The van der Waals surface area contributed by atoms with E-state index in [-0.39, 0.29) is 0 Å². The molecule has 18 heavy (non-hydrogen) atoms. The number of fused-ring (bicyclic) bond motifs is 1. The van der Waals surface area contributed by atoms with Crippen LogP contribution in [0.2, 0.25) is 0 Å². The third-order valence-electron chi connectivity index (χ3n) is 4.26. The van der Waals surface area contributed by atoms with E-state index < -0.39 is 0 Å². The average Bonchev–Trinajstić information content (AvgIpc) is 2.77. The third-order valence-corrected chi connectivity index (χ3v) is 4.26. The van der Waals surface area contributed by atoms with Gasteiger partial charge in [-0.3, -0.25) is 0 Å². The summed E-state index contributed by atoms with van der Waals surface area (Å²) in [5, 5.41) is 5.04. The molecule has 2 N–H and O–H groups in total. The first-order valence-electron chi connectivity index (χ1n) is 7.14. The van der Waals surface area contributed by atoms with E-state index in [0.717, 1.165) is 13.0 Å². The van der Waals surface area contributed by atoms with Crippen molar-refractivity contribution in [3.05, 3.63) is 35.0 Å². The molecule has 0 bridgehead atoms. The van der Waals surface area contributed by atoms with E-state index in [2.05, 4.69) is 42.3 Å². The highest BCUT2D eigenvalue weighted by Gasteiger charge is 2.20. The summed E-state index contributed by atoms with van der Waals surface area (Å²) in [6.45, 7) is 5.63. The molecule has 1 aromatic carbocycles. The maximum Gasteiger partial charge on any atom is 0.0491 e. The molecule has 0 saturated carbocycles. The molecule has 0 spiro atoms. The normalized spacial score (nSPS) is 20.4. The number of aryl methyl sites for hydroxylation is 2. The molecule has 1 aromatic heterocycles. The smallest absolute Gasteiger partial charge is 0.0491 e. The molecule has 2 heteroatoms. The van der Waals surface area contributed by atoms with Gasteiger partial charge in [0.15, 0.2) is 0 Å². The molecule has 1 unspecified atom stereocenters. The highest BCUT2D eigenvalue weighted by Crippen LogP contribution is 2.31. The monoisotopic (exact) mass is 242 g/mol. The maximum atomic E-state index is 3.69. The standard InChI is InChI=1S/C16H22N2/c1-3-12-7-6-8-13-11(2)15(18-16(12)13)14-9-4-5-10-17-14/h6-8,14,17-18H,3-5,9-10H2,1-2H3. The SMILES string of the molecule is CCc1cccc2c(C)c(C3CCCCN3)[nH]c12. The van der Waals surface area contributed by atoms with Crippen LogP contribution in [0.1, 0.15) is 49.0 Å². The summed E-state index contributed by atoms with van der Waals surface area (Å²) in [6.07, 6.45) is 5.01. The highest BCUT2D eigenvalue weighted by molar-refractivity contribution is 5.87. The van der Waals surface area contributed by atoms with Crippen molar-refractivity contribution >= 4 is 10.9 Å². The van der Waals surface area contributed by atoms with E-state index in [1.54, 1.807) is 0 Å². The van der Waals surface area contributed by atoms with Crippen LogP contribution in [-0.4, -0.2) is 11.5 Å². The van der Waals surface area contributed by atoms with Crippen LogP contribution in [0.3, 0.4) is 0 Å². The lowest BCUT2D eigenvalue weighted by Gasteiger charge is -2.23. The summed E-state index contributed by atoms with van der Waals surface area (Å²) < 4.78 is 0. The van der Waals surface area contributed by atoms with Crippen LogP contribution in [0.15, 0.2) is 18.2 Å². The molecule has 96 valence electrons. The summed E-state index contributed by atoms with van der Waals surface area (Å²) in [5.41, 5.74) is 5.61. The molecule has 1 aliphatic heterocycles. The Hall–Kier alpha value is -1.28. The van der Waals surface area contributed by atoms with Crippen molar-refractivity contribution < 1.29 is 0 Å². The number of nitrogens with one attached hydrogen (secondary N) is 2. The van der Waals surface area contributed by atoms with Crippen LogP contribution in [-0.2, 0) is 6.42 Å². The largest absolute Gasteiger partial charge is 0.357 e. The second-order valence-corrected chi connectivity index (χ2v) is 5.36. The number of H-pyrrole nitrogens is 1. The Morgan fingerprint density at radius 3 is 2.89 bits per heavy atom. The van der Waals surface area contributed by atoms with Gasteiger partial charge >= 0.3 is 0 Å². The van der Waals surface area contributed by atoms with E-state index in [1.165, 1.54) is 47.0 Å². The minimum Gasteiger partial charge on any atom is -0.357 e. The number of hydrogen-bond acceptors (Lipinski definition) is 1. The molecule has 2 heterocycles. The Morgan fingerprint density at radius 1 is 1.28 bits per heavy atom. The van der Waals surface area contributed by atoms with Crippen molar-refractivity contribution in [2.45, 2.75) is 45.6 Å². The van der Waals surface area contributed by atoms with Crippen molar-refractivity contribution in [3.8, 4) is 0 Å². The zero-order chi connectivity index (χ0) is 12.5. The topological polar surface area (TPSA) is 27.8 Å². The number of aromatic nitrogens is 1. The number of aromatic amines is 1. The Labute approximate surface area is 109 Å². The average molecular weight is 242 g/mol. The van der Waals surface area contributed by atoms with Crippen LogP contribution in [0.5, 0.6) is 0 Å². The van der Waals surface area contributed by atoms with E-state index in [4.69, 9.17) is 0 Å². The predicted octanol–water partition coefficient (Wildman–Crippen LogP) is 3.85. The first-order valence-corrected chi connectivity index (χ1v) is 7.14. The minimum absolute atomic E-state index is 0.524. The first kappa shape index (κ1) is 11.8. The Balaban J connectivity index is 2.09. The van der Waals surface area contributed by atoms with Gasteiger partial charge in [-0.05, 0) is 43.9 Å². The van der Waals surface area contributed by atoms with Gasteiger partial charge in [-0.15, -0.1) is 0 Å². The van der Waals surface area contributed by atoms with E-state index in [1.807, 2.05) is 0 Å². The number of rotatable bonds is 2. The fourth-order valence-corrected chi connectivity index (χ4v) is 3.18. The lowest BCUT2D eigenvalue weighted by molar-refractivity contribution is 0.405. The molecule has 0 aliphatic carbocycles. The molecular weight excluding hydrogens is 220 g/mol. The van der Waals surface area contributed by atoms with Gasteiger partial charge in [0.1, 0.15) is 0 Å². The van der Waals surface area contributed by atoms with Crippen molar-refractivity contribution in [3.63, 3.8) is 0 Å². The fourth-order valence-electron chi connectivity index (χ4n) is 3.18. The summed E-state index contributed by atoms with van der Waals surface area (Å²) in [6, 6.07) is 7.18. The summed E-state index contributed by atoms with van der Waals surface area (Å²) in [4.78, 5) is 3.69. The first-order chi connectivity index (χ1) is 8.81. The summed E-state index contributed by atoms with van der Waals surface area (Å²) in [5.74, 6) is 0. The molecule has 1 atom stereocenters. The van der Waals surface area contributed by atoms with Crippen LogP contribution < -0.4 is 5.32 Å². The van der Waals surface area contributed by atoms with E-state index in [9.17, 15) is 0 Å². The van der Waals surface area contributed by atoms with Crippen LogP contribution in [0, 0.1) is 6.92 Å². The lowest BCUT2D eigenvalue weighted by Crippen LogP contribution is -2.27. The molecule has 0 amide bonds. The van der Waals surface area contributed by atoms with Gasteiger partial charge in [0.05, 0.1) is 0 Å². The van der Waals surface area contributed by atoms with Gasteiger partial charge in [-0.1, -0.05) is 31.5 Å². The van der Waals surface area contributed by atoms with Crippen LogP contribution in [0.25, 0.3) is 10.9 Å². The third kappa shape index (κ3) is 1.85. The van der Waals surface area contributed by atoms with Crippen molar-refractivity contribution in [1.82, 2.24) is 10.3 Å². The quantitative estimate of drug-likeness (QED) is 0.822. The molecule has 2 aromatic rings. The van der Waals surface area contributed by atoms with E-state index in [0.29, 0.717) is 6.04 Å². The van der Waals surface area contributed by atoms with Gasteiger partial charge in [0.25, 0.3) is 0 Å². The minimum atomic E-state index is 0.524. The zero-order valence-electron chi connectivity index (χ0n) is 11.3. The van der Waals surface area contributed by atoms with Crippen LogP contribution in [0.4, 0.5) is 0 Å². The predicted molar refractivity (Wildman–Crippen MR) is 77.0 cm³/mol. The number of para-hydroxylation sites is 1. The van der Waals surface area contributed by atoms with E-state index >= 15 is 0 Å². The molecule has 0 radical (unpaired) electrons. The van der Waals surface area contributed by atoms with Crippen molar-refractivity contribution in [2.24, 2.45) is 0 Å². The van der Waals surface area contributed by atoms with Gasteiger partial charge in [-0.2, -0.15) is 0 Å². The molecule has 1 fully saturated rings. The Kier molecular flexibility index (Phi) is 3.13. The fraction of sp³-hybridized carbons (Fsp3) is 0.500. The second kappa shape index (κ2) is 4.77. The van der Waals surface area contributed by atoms with Crippen molar-refractivity contribution in [1.29, 1.82) is 0 Å². The summed E-state index contributed by atoms with van der Waals surface area (Å²) >= 11 is 0. The van der Waals surface area contributed by atoms with Gasteiger partial charge < -0.3 is 10.3 Å². The number of piperidine rings is 1. The molecular formula is C16H22N2. The lowest BCUT2D eigenvalue weighted by atomic mass is 9.99. The molecule has 1 aliphatic rings. The second-order valence-electron chi connectivity index (χ2n) is 5.36. The van der Waals surface area contributed by atoms with Crippen LogP contribution >= 0.6 is 0 Å². The molecule has 2 nitrogen and oxygen atoms in total. The van der Waals surface area contributed by atoms with Gasteiger partial charge in [0, 0.05) is 22.6 Å². The summed E-state index contributed by atoms with van der Waals surface area (Å²) in [7, 11) is 0. The molecule has 3 rings (SSSR count). The maximum absolute atomic E-state index is 3.69. The number of hydrogen-bond donors (Lipinski definition) is 2. The Bertz CT molecular complexity index is 547.